The van der Waals surface area contributed by atoms with E-state index in [4.69, 9.17) is 4.42 Å². The topological polar surface area (TPSA) is 126 Å². The molecule has 0 saturated carbocycles. The normalized spacial score (nSPS) is 11.1. The van der Waals surface area contributed by atoms with Crippen LogP contribution in [0.4, 0.5) is 17.3 Å². The summed E-state index contributed by atoms with van der Waals surface area (Å²) < 4.78 is 9.84. The van der Waals surface area contributed by atoms with Crippen molar-refractivity contribution in [1.29, 1.82) is 0 Å². The van der Waals surface area contributed by atoms with Gasteiger partial charge in [-0.25, -0.2) is 4.63 Å². The molecule has 0 unspecified atom stereocenters. The molecule has 0 saturated heterocycles. The predicted molar refractivity (Wildman–Crippen MR) is 95.7 cm³/mol. The molecule has 130 valence electrons. The number of anilines is 3. The van der Waals surface area contributed by atoms with E-state index in [2.05, 4.69) is 46.3 Å². The number of nitrogens with one attached hydrogen (secondary N) is 3. The molecule has 4 rings (SSSR count). The van der Waals surface area contributed by atoms with Gasteiger partial charge in [0.2, 0.25) is 11.3 Å². The van der Waals surface area contributed by atoms with E-state index in [0.29, 0.717) is 17.4 Å². The number of furan rings is 1. The summed E-state index contributed by atoms with van der Waals surface area (Å²) in [4.78, 5) is 8.61. The maximum absolute atomic E-state index is 5.18. The standard InChI is InChI=1S/C16H14N8O2/c1-10-4-6-11(7-5-10)20-22-14-13(18-15-16(19-14)24-26-23-15)21-17-9-12-3-2-8-25-12/h2-9,20H,1H3,(H,18,21,23)(H,19,22,24). The zero-order valence-electron chi connectivity index (χ0n) is 13.7. The second-order valence-corrected chi connectivity index (χ2v) is 5.33. The van der Waals surface area contributed by atoms with Crippen LogP contribution in [0, 0.1) is 6.92 Å². The number of hydrogen-bond acceptors (Lipinski definition) is 10. The molecule has 10 nitrogen and oxygen atoms in total. The Morgan fingerprint density at radius 1 is 0.962 bits per heavy atom. The molecule has 0 spiro atoms. The first kappa shape index (κ1) is 15.6. The number of aryl methyl sites for hydroxylation is 1. The lowest BCUT2D eigenvalue weighted by molar-refractivity contribution is 0.314. The highest BCUT2D eigenvalue weighted by atomic mass is 16.6. The number of hydrazine groups is 1. The SMILES string of the molecule is Cc1ccc(NNc2nc3nonc3nc2NN=Cc2ccco2)cc1. The van der Waals surface area contributed by atoms with E-state index in [-0.39, 0.29) is 11.3 Å². The van der Waals surface area contributed by atoms with Gasteiger partial charge in [0.1, 0.15) is 5.76 Å². The van der Waals surface area contributed by atoms with Crippen LogP contribution in [0.15, 0.2) is 56.8 Å². The molecule has 0 aliphatic heterocycles. The van der Waals surface area contributed by atoms with Crippen LogP contribution < -0.4 is 16.3 Å². The minimum atomic E-state index is 0.265. The van der Waals surface area contributed by atoms with E-state index in [9.17, 15) is 0 Å². The molecule has 0 atom stereocenters. The van der Waals surface area contributed by atoms with E-state index < -0.39 is 0 Å². The van der Waals surface area contributed by atoms with Crippen LogP contribution in [0.5, 0.6) is 0 Å². The van der Waals surface area contributed by atoms with Crippen molar-refractivity contribution in [3.05, 3.63) is 54.0 Å². The molecule has 0 aliphatic rings. The lowest BCUT2D eigenvalue weighted by Gasteiger charge is -2.11. The summed E-state index contributed by atoms with van der Waals surface area (Å²) in [5, 5.41) is 11.5. The van der Waals surface area contributed by atoms with Gasteiger partial charge in [0.15, 0.2) is 11.6 Å². The second kappa shape index (κ2) is 6.89. The van der Waals surface area contributed by atoms with Gasteiger partial charge in [-0.3, -0.25) is 16.3 Å². The number of fused-ring (bicyclic) bond motifs is 1. The van der Waals surface area contributed by atoms with Crippen molar-refractivity contribution >= 4 is 34.8 Å². The lowest BCUT2D eigenvalue weighted by Crippen LogP contribution is -2.13. The monoisotopic (exact) mass is 350 g/mol. The van der Waals surface area contributed by atoms with Crippen molar-refractivity contribution in [3.63, 3.8) is 0 Å². The van der Waals surface area contributed by atoms with Gasteiger partial charge in [0.05, 0.1) is 18.2 Å². The molecular formula is C16H14N8O2. The minimum Gasteiger partial charge on any atom is -0.463 e. The van der Waals surface area contributed by atoms with Crippen LogP contribution in [-0.2, 0) is 0 Å². The van der Waals surface area contributed by atoms with Gasteiger partial charge in [-0.15, -0.1) is 0 Å². The first-order chi connectivity index (χ1) is 12.8. The van der Waals surface area contributed by atoms with Gasteiger partial charge in [0, 0.05) is 0 Å². The quantitative estimate of drug-likeness (QED) is 0.355. The van der Waals surface area contributed by atoms with Crippen LogP contribution in [0.1, 0.15) is 11.3 Å². The summed E-state index contributed by atoms with van der Waals surface area (Å²) in [6.07, 6.45) is 3.08. The van der Waals surface area contributed by atoms with Gasteiger partial charge in [-0.2, -0.15) is 15.1 Å². The summed E-state index contributed by atoms with van der Waals surface area (Å²) >= 11 is 0. The number of benzene rings is 1. The van der Waals surface area contributed by atoms with E-state index in [1.807, 2.05) is 31.2 Å². The molecule has 1 aromatic carbocycles. The van der Waals surface area contributed by atoms with Crippen LogP contribution in [0.2, 0.25) is 0 Å². The van der Waals surface area contributed by atoms with Crippen LogP contribution in [0.3, 0.4) is 0 Å². The molecule has 26 heavy (non-hydrogen) atoms. The molecule has 10 heteroatoms. The maximum Gasteiger partial charge on any atom is 0.245 e. The predicted octanol–water partition coefficient (Wildman–Crippen LogP) is 2.80. The Morgan fingerprint density at radius 3 is 2.46 bits per heavy atom. The van der Waals surface area contributed by atoms with Gasteiger partial charge in [-0.1, -0.05) is 17.7 Å². The second-order valence-electron chi connectivity index (χ2n) is 5.33. The Morgan fingerprint density at radius 2 is 1.73 bits per heavy atom. The average Bonchev–Trinajstić information content (AvgIpc) is 3.32. The summed E-state index contributed by atoms with van der Waals surface area (Å²) in [6.45, 7) is 2.02. The van der Waals surface area contributed by atoms with Crippen molar-refractivity contribution < 1.29 is 9.05 Å². The van der Waals surface area contributed by atoms with Crippen LogP contribution in [-0.4, -0.2) is 26.5 Å². The molecule has 0 fully saturated rings. The van der Waals surface area contributed by atoms with Gasteiger partial charge in [0.25, 0.3) is 0 Å². The Kier molecular flexibility index (Phi) is 4.13. The van der Waals surface area contributed by atoms with Crippen LogP contribution >= 0.6 is 0 Å². The van der Waals surface area contributed by atoms with Crippen molar-refractivity contribution in [1.82, 2.24) is 20.3 Å². The lowest BCUT2D eigenvalue weighted by atomic mass is 10.2. The smallest absolute Gasteiger partial charge is 0.245 e. The molecular weight excluding hydrogens is 336 g/mol. The van der Waals surface area contributed by atoms with E-state index in [0.717, 1.165) is 5.69 Å². The highest BCUT2D eigenvalue weighted by Crippen LogP contribution is 2.20. The summed E-state index contributed by atoms with van der Waals surface area (Å²) in [5.74, 6) is 1.32. The van der Waals surface area contributed by atoms with Gasteiger partial charge >= 0.3 is 0 Å². The van der Waals surface area contributed by atoms with E-state index >= 15 is 0 Å². The van der Waals surface area contributed by atoms with Crippen molar-refractivity contribution in [2.45, 2.75) is 6.92 Å². The summed E-state index contributed by atoms with van der Waals surface area (Å²) in [6, 6.07) is 11.4. The molecule has 4 aromatic rings. The fourth-order valence-electron chi connectivity index (χ4n) is 2.09. The molecule has 0 aliphatic carbocycles. The Labute approximate surface area is 147 Å². The number of aromatic nitrogens is 4. The molecule has 0 bridgehead atoms. The largest absolute Gasteiger partial charge is 0.463 e. The number of nitrogens with zero attached hydrogens (tertiary/aromatic N) is 5. The molecule has 0 radical (unpaired) electrons. The average molecular weight is 350 g/mol. The van der Waals surface area contributed by atoms with Crippen molar-refractivity contribution in [2.75, 3.05) is 16.3 Å². The minimum absolute atomic E-state index is 0.265. The maximum atomic E-state index is 5.18. The zero-order valence-corrected chi connectivity index (χ0v) is 13.7. The Hall–Kier alpha value is -3.95. The molecule has 3 aromatic heterocycles. The fraction of sp³-hybridized carbons (Fsp3) is 0.0625. The molecule has 3 heterocycles. The van der Waals surface area contributed by atoms with E-state index in [1.165, 1.54) is 11.8 Å². The van der Waals surface area contributed by atoms with Gasteiger partial charge < -0.3 is 4.42 Å². The van der Waals surface area contributed by atoms with Crippen molar-refractivity contribution in [3.8, 4) is 0 Å². The number of hydrazone groups is 1. The summed E-state index contributed by atoms with van der Waals surface area (Å²) in [5.41, 5.74) is 11.4. The number of hydrogen-bond donors (Lipinski definition) is 3. The van der Waals surface area contributed by atoms with Crippen LogP contribution in [0.25, 0.3) is 11.3 Å². The highest BCUT2D eigenvalue weighted by molar-refractivity contribution is 5.78. The van der Waals surface area contributed by atoms with E-state index in [1.54, 1.807) is 18.4 Å². The number of rotatable bonds is 6. The van der Waals surface area contributed by atoms with Gasteiger partial charge in [-0.05, 0) is 41.5 Å². The Balaban J connectivity index is 1.55. The fourth-order valence-corrected chi connectivity index (χ4v) is 2.09. The molecule has 0 amide bonds. The Bertz CT molecular complexity index is 1020. The first-order valence-corrected chi connectivity index (χ1v) is 7.69. The zero-order chi connectivity index (χ0) is 17.8. The third-order valence-electron chi connectivity index (χ3n) is 3.40. The van der Waals surface area contributed by atoms with Crippen molar-refractivity contribution in [2.24, 2.45) is 5.10 Å². The highest BCUT2D eigenvalue weighted by Gasteiger charge is 2.12. The third-order valence-corrected chi connectivity index (χ3v) is 3.40. The molecule has 3 N–H and O–H groups in total. The third kappa shape index (κ3) is 3.43. The first-order valence-electron chi connectivity index (χ1n) is 7.69. The summed E-state index contributed by atoms with van der Waals surface area (Å²) in [7, 11) is 0.